The fourth-order valence-corrected chi connectivity index (χ4v) is 3.53. The smallest absolute Gasteiger partial charge is 0.222 e. The zero-order valence-corrected chi connectivity index (χ0v) is 14.9. The third kappa shape index (κ3) is 5.79. The Morgan fingerprint density at radius 1 is 1.38 bits per heavy atom. The first-order valence-corrected chi connectivity index (χ1v) is 8.60. The maximum atomic E-state index is 12.3. The van der Waals surface area contributed by atoms with Gasteiger partial charge in [-0.2, -0.15) is 0 Å². The number of thiophene rings is 1. The lowest BCUT2D eigenvalue weighted by Gasteiger charge is -2.31. The van der Waals surface area contributed by atoms with Gasteiger partial charge in [0.25, 0.3) is 0 Å². The lowest BCUT2D eigenvalue weighted by Crippen LogP contribution is -2.29. The first kappa shape index (κ1) is 18.2. The van der Waals surface area contributed by atoms with Gasteiger partial charge in [-0.1, -0.05) is 20.8 Å². The molecule has 0 fully saturated rings. The van der Waals surface area contributed by atoms with Crippen LogP contribution in [0, 0.1) is 18.3 Å². The first-order chi connectivity index (χ1) is 9.75. The Labute approximate surface area is 133 Å². The molecule has 1 unspecified atom stereocenters. The van der Waals surface area contributed by atoms with E-state index in [1.807, 2.05) is 11.9 Å². The normalized spacial score (nSPS) is 13.2. The molecule has 0 aliphatic carbocycles. The summed E-state index contributed by atoms with van der Waals surface area (Å²) in [5, 5.41) is 2.08. The molecule has 0 saturated heterocycles. The van der Waals surface area contributed by atoms with Gasteiger partial charge in [0.1, 0.15) is 0 Å². The molecular weight excluding hydrogens is 280 g/mol. The van der Waals surface area contributed by atoms with Crippen molar-refractivity contribution in [3.8, 4) is 0 Å². The van der Waals surface area contributed by atoms with Crippen molar-refractivity contribution >= 4 is 17.2 Å². The van der Waals surface area contributed by atoms with E-state index < -0.39 is 0 Å². The van der Waals surface area contributed by atoms with Crippen LogP contribution in [0.4, 0.5) is 0 Å². The van der Waals surface area contributed by atoms with Crippen LogP contribution < -0.4 is 5.73 Å². The highest BCUT2D eigenvalue weighted by atomic mass is 32.1. The van der Waals surface area contributed by atoms with Gasteiger partial charge in [0.2, 0.25) is 5.91 Å². The Morgan fingerprint density at radius 3 is 2.52 bits per heavy atom. The number of nitrogens with two attached hydrogens (primary N) is 1. The minimum atomic E-state index is 0.211. The van der Waals surface area contributed by atoms with Crippen molar-refractivity contribution in [3.63, 3.8) is 0 Å². The monoisotopic (exact) mass is 310 g/mol. The minimum absolute atomic E-state index is 0.211. The van der Waals surface area contributed by atoms with E-state index in [4.69, 9.17) is 5.73 Å². The highest BCUT2D eigenvalue weighted by Gasteiger charge is 2.25. The minimum Gasteiger partial charge on any atom is -0.341 e. The third-order valence-electron chi connectivity index (χ3n) is 4.22. The molecule has 0 aliphatic rings. The molecule has 120 valence electrons. The summed E-state index contributed by atoms with van der Waals surface area (Å²) < 4.78 is 0. The van der Waals surface area contributed by atoms with Gasteiger partial charge in [0.15, 0.2) is 0 Å². The number of carbonyl (C=O) groups is 1. The van der Waals surface area contributed by atoms with Crippen molar-refractivity contribution in [1.82, 2.24) is 4.90 Å². The van der Waals surface area contributed by atoms with Crippen LogP contribution in [0.25, 0.3) is 0 Å². The molecule has 1 atom stereocenters. The molecule has 0 radical (unpaired) electrons. The topological polar surface area (TPSA) is 46.3 Å². The molecule has 3 nitrogen and oxygen atoms in total. The van der Waals surface area contributed by atoms with Gasteiger partial charge in [-0.25, -0.2) is 0 Å². The van der Waals surface area contributed by atoms with E-state index >= 15 is 0 Å². The van der Waals surface area contributed by atoms with Gasteiger partial charge in [-0.05, 0) is 54.7 Å². The maximum Gasteiger partial charge on any atom is 0.222 e. The van der Waals surface area contributed by atoms with Crippen LogP contribution in [0.2, 0.25) is 0 Å². The van der Waals surface area contributed by atoms with Crippen molar-refractivity contribution in [2.45, 2.75) is 53.5 Å². The van der Waals surface area contributed by atoms with E-state index in [9.17, 15) is 4.79 Å². The highest BCUT2D eigenvalue weighted by molar-refractivity contribution is 7.10. The van der Waals surface area contributed by atoms with Crippen molar-refractivity contribution in [3.05, 3.63) is 21.9 Å². The Hall–Kier alpha value is -0.870. The summed E-state index contributed by atoms with van der Waals surface area (Å²) in [4.78, 5) is 15.4. The van der Waals surface area contributed by atoms with Gasteiger partial charge in [-0.15, -0.1) is 11.3 Å². The maximum absolute atomic E-state index is 12.3. The van der Waals surface area contributed by atoms with E-state index in [-0.39, 0.29) is 11.3 Å². The number of nitrogens with zero attached hydrogens (tertiary/aromatic N) is 1. The highest BCUT2D eigenvalue weighted by Crippen LogP contribution is 2.32. The first-order valence-electron chi connectivity index (χ1n) is 7.72. The molecule has 0 aromatic carbocycles. The molecule has 0 spiro atoms. The summed E-state index contributed by atoms with van der Waals surface area (Å²) in [6, 6.07) is 2.11. The average Bonchev–Trinajstić information content (AvgIpc) is 2.78. The molecule has 4 heteroatoms. The van der Waals surface area contributed by atoms with Crippen molar-refractivity contribution < 1.29 is 4.79 Å². The molecular formula is C17H30N2OS. The molecule has 0 saturated carbocycles. The molecule has 1 heterocycles. The van der Waals surface area contributed by atoms with Gasteiger partial charge in [-0.3, -0.25) is 4.79 Å². The molecule has 1 rings (SSSR count). The molecule has 1 aromatic rings. The second kappa shape index (κ2) is 7.95. The molecule has 1 aromatic heterocycles. The summed E-state index contributed by atoms with van der Waals surface area (Å²) in [6.45, 7) is 10.2. The Bertz CT molecular complexity index is 448. The standard InChI is InChI=1S/C17H30N2OS/c1-13-9-11-21-15(13)12-19(5)16(20)7-6-14(8-10-18)17(2,3)4/h9,11,14H,6-8,10,12,18H2,1-5H3. The number of hydrogen-bond donors (Lipinski definition) is 1. The van der Waals surface area contributed by atoms with Crippen LogP contribution >= 0.6 is 11.3 Å². The third-order valence-corrected chi connectivity index (χ3v) is 5.23. The van der Waals surface area contributed by atoms with Gasteiger partial charge in [0, 0.05) is 18.3 Å². The van der Waals surface area contributed by atoms with Crippen molar-refractivity contribution in [2.75, 3.05) is 13.6 Å². The summed E-state index contributed by atoms with van der Waals surface area (Å²) in [6.07, 6.45) is 2.53. The van der Waals surface area contributed by atoms with Crippen LogP contribution in [0.5, 0.6) is 0 Å². The summed E-state index contributed by atoms with van der Waals surface area (Å²) >= 11 is 1.72. The SMILES string of the molecule is Cc1ccsc1CN(C)C(=O)CCC(CCN)C(C)(C)C. The number of hydrogen-bond acceptors (Lipinski definition) is 3. The van der Waals surface area contributed by atoms with E-state index in [0.29, 0.717) is 18.9 Å². The zero-order valence-electron chi connectivity index (χ0n) is 14.1. The predicted molar refractivity (Wildman–Crippen MR) is 91.4 cm³/mol. The number of carbonyl (C=O) groups excluding carboxylic acids is 1. The molecule has 1 amide bonds. The van der Waals surface area contributed by atoms with Crippen LogP contribution in [0.1, 0.15) is 50.5 Å². The van der Waals surface area contributed by atoms with Crippen molar-refractivity contribution in [1.29, 1.82) is 0 Å². The van der Waals surface area contributed by atoms with Gasteiger partial charge >= 0.3 is 0 Å². The number of rotatable bonds is 7. The quantitative estimate of drug-likeness (QED) is 0.832. The molecule has 2 N–H and O–H groups in total. The second-order valence-corrected chi connectivity index (χ2v) is 7.96. The summed E-state index contributed by atoms with van der Waals surface area (Å²) in [5.74, 6) is 0.734. The largest absolute Gasteiger partial charge is 0.341 e. The lowest BCUT2D eigenvalue weighted by molar-refractivity contribution is -0.130. The van der Waals surface area contributed by atoms with E-state index in [1.165, 1.54) is 10.4 Å². The van der Waals surface area contributed by atoms with E-state index in [1.54, 1.807) is 11.3 Å². The Balaban J connectivity index is 2.50. The molecule has 0 bridgehead atoms. The molecule has 21 heavy (non-hydrogen) atoms. The fourth-order valence-electron chi connectivity index (χ4n) is 2.57. The Kier molecular flexibility index (Phi) is 6.88. The molecule has 0 aliphatic heterocycles. The van der Waals surface area contributed by atoms with Crippen molar-refractivity contribution in [2.24, 2.45) is 17.1 Å². The summed E-state index contributed by atoms with van der Waals surface area (Å²) in [5.41, 5.74) is 7.19. The van der Waals surface area contributed by atoms with E-state index in [0.717, 1.165) is 19.4 Å². The summed E-state index contributed by atoms with van der Waals surface area (Å²) in [7, 11) is 1.90. The number of amides is 1. The zero-order chi connectivity index (χ0) is 16.0. The van der Waals surface area contributed by atoms with Gasteiger partial charge < -0.3 is 10.6 Å². The van der Waals surface area contributed by atoms with E-state index in [2.05, 4.69) is 39.1 Å². The fraction of sp³-hybridized carbons (Fsp3) is 0.706. The average molecular weight is 311 g/mol. The van der Waals surface area contributed by atoms with Crippen LogP contribution in [-0.2, 0) is 11.3 Å². The van der Waals surface area contributed by atoms with Crippen LogP contribution in [0.15, 0.2) is 11.4 Å². The Morgan fingerprint density at radius 2 is 2.05 bits per heavy atom. The predicted octanol–water partition coefficient (Wildman–Crippen LogP) is 3.81. The lowest BCUT2D eigenvalue weighted by atomic mass is 9.76. The van der Waals surface area contributed by atoms with Crippen LogP contribution in [0.3, 0.4) is 0 Å². The number of aryl methyl sites for hydroxylation is 1. The second-order valence-electron chi connectivity index (χ2n) is 6.96. The van der Waals surface area contributed by atoms with Gasteiger partial charge in [0.05, 0.1) is 6.54 Å². The van der Waals surface area contributed by atoms with Crippen LogP contribution in [-0.4, -0.2) is 24.4 Å².